The van der Waals surface area contributed by atoms with Crippen molar-refractivity contribution in [2.75, 3.05) is 7.11 Å². The fourth-order valence-electron chi connectivity index (χ4n) is 2.01. The van der Waals surface area contributed by atoms with Gasteiger partial charge in [0.1, 0.15) is 0 Å². The molecule has 0 bridgehead atoms. The molecule has 2 aromatic rings. The monoisotopic (exact) mass is 246 g/mol. The van der Waals surface area contributed by atoms with Gasteiger partial charge in [-0.3, -0.25) is 9.67 Å². The van der Waals surface area contributed by atoms with Crippen molar-refractivity contribution in [3.05, 3.63) is 42.0 Å². The highest BCUT2D eigenvalue weighted by Crippen LogP contribution is 2.25. The van der Waals surface area contributed by atoms with E-state index in [-0.39, 0.29) is 6.04 Å². The minimum Gasteiger partial charge on any atom is -0.493 e. The lowest BCUT2D eigenvalue weighted by molar-refractivity contribution is 0.401. The van der Waals surface area contributed by atoms with Crippen molar-refractivity contribution in [3.8, 4) is 5.75 Å². The molecule has 0 amide bonds. The second-order valence-corrected chi connectivity index (χ2v) is 4.23. The third-order valence-electron chi connectivity index (χ3n) is 2.99. The van der Waals surface area contributed by atoms with Crippen molar-refractivity contribution in [1.29, 1.82) is 0 Å². The first-order valence-corrected chi connectivity index (χ1v) is 5.92. The molecule has 0 aliphatic rings. The van der Waals surface area contributed by atoms with E-state index in [4.69, 9.17) is 10.5 Å². The molecule has 18 heavy (non-hydrogen) atoms. The predicted molar refractivity (Wildman–Crippen MR) is 69.2 cm³/mol. The van der Waals surface area contributed by atoms with Crippen LogP contribution in [-0.4, -0.2) is 21.9 Å². The number of aromatic nitrogens is 3. The molecule has 1 unspecified atom stereocenters. The first kappa shape index (κ1) is 12.6. The zero-order chi connectivity index (χ0) is 13.0. The van der Waals surface area contributed by atoms with Crippen molar-refractivity contribution in [2.45, 2.75) is 18.9 Å². The summed E-state index contributed by atoms with van der Waals surface area (Å²) >= 11 is 0. The Labute approximate surface area is 107 Å². The summed E-state index contributed by atoms with van der Waals surface area (Å²) in [5.41, 5.74) is 8.32. The van der Waals surface area contributed by atoms with Crippen LogP contribution in [0.25, 0.3) is 0 Å². The van der Waals surface area contributed by atoms with Gasteiger partial charge in [-0.25, -0.2) is 0 Å². The number of ether oxygens (including phenoxy) is 1. The third-order valence-corrected chi connectivity index (χ3v) is 2.99. The Hall–Kier alpha value is -1.88. The summed E-state index contributed by atoms with van der Waals surface area (Å²) in [6.07, 6.45) is 7.06. The molecule has 2 aromatic heterocycles. The number of hydrogen-bond donors (Lipinski definition) is 1. The highest BCUT2D eigenvalue weighted by molar-refractivity contribution is 5.28. The molecular weight excluding hydrogens is 228 g/mol. The lowest BCUT2D eigenvalue weighted by Crippen LogP contribution is -2.16. The first-order valence-electron chi connectivity index (χ1n) is 5.92. The fourth-order valence-corrected chi connectivity index (χ4v) is 2.01. The van der Waals surface area contributed by atoms with Crippen LogP contribution in [0.15, 0.2) is 30.7 Å². The van der Waals surface area contributed by atoms with Gasteiger partial charge >= 0.3 is 0 Å². The lowest BCUT2D eigenvalue weighted by atomic mass is 10.0. The average molecular weight is 246 g/mol. The van der Waals surface area contributed by atoms with Crippen LogP contribution in [0.3, 0.4) is 0 Å². The summed E-state index contributed by atoms with van der Waals surface area (Å²) in [6.45, 7) is 0. The van der Waals surface area contributed by atoms with Crippen LogP contribution in [0.4, 0.5) is 0 Å². The van der Waals surface area contributed by atoms with E-state index in [0.29, 0.717) is 0 Å². The Bertz CT molecular complexity index is 495. The molecule has 0 radical (unpaired) electrons. The molecule has 0 aromatic carbocycles. The van der Waals surface area contributed by atoms with E-state index in [9.17, 15) is 0 Å². The van der Waals surface area contributed by atoms with E-state index in [1.54, 1.807) is 24.2 Å². The molecule has 0 spiro atoms. The molecule has 1 atom stereocenters. The Kier molecular flexibility index (Phi) is 3.94. The van der Waals surface area contributed by atoms with Gasteiger partial charge in [-0.1, -0.05) is 6.07 Å². The average Bonchev–Trinajstić information content (AvgIpc) is 2.78. The lowest BCUT2D eigenvalue weighted by Gasteiger charge is -2.13. The van der Waals surface area contributed by atoms with E-state index in [0.717, 1.165) is 24.3 Å². The topological polar surface area (TPSA) is 66.0 Å². The van der Waals surface area contributed by atoms with Crippen molar-refractivity contribution in [3.63, 3.8) is 0 Å². The molecular formula is C13H18N4O. The summed E-state index contributed by atoms with van der Waals surface area (Å²) < 4.78 is 7.03. The molecule has 2 N–H and O–H groups in total. The van der Waals surface area contributed by atoms with Crippen molar-refractivity contribution in [1.82, 2.24) is 14.8 Å². The Balaban J connectivity index is 2.03. The number of pyridine rings is 1. The molecule has 0 aliphatic heterocycles. The van der Waals surface area contributed by atoms with Crippen molar-refractivity contribution in [2.24, 2.45) is 12.8 Å². The zero-order valence-corrected chi connectivity index (χ0v) is 10.7. The predicted octanol–water partition coefficient (Wildman–Crippen LogP) is 1.46. The maximum Gasteiger partial charge on any atom is 0.161 e. The summed E-state index contributed by atoms with van der Waals surface area (Å²) in [5, 5.41) is 4.16. The zero-order valence-electron chi connectivity index (χ0n) is 10.7. The Morgan fingerprint density at radius 1 is 1.44 bits per heavy atom. The molecule has 96 valence electrons. The number of hydrogen-bond acceptors (Lipinski definition) is 4. The third kappa shape index (κ3) is 2.68. The Morgan fingerprint density at radius 2 is 2.28 bits per heavy atom. The van der Waals surface area contributed by atoms with Gasteiger partial charge in [0, 0.05) is 19.4 Å². The molecule has 5 heteroatoms. The SMILES string of the molecule is COc1cnn(C)c1C(N)CCc1cccnc1. The van der Waals surface area contributed by atoms with E-state index in [1.165, 1.54) is 5.56 Å². The van der Waals surface area contributed by atoms with E-state index in [1.807, 2.05) is 19.3 Å². The van der Waals surface area contributed by atoms with Crippen LogP contribution < -0.4 is 10.5 Å². The Morgan fingerprint density at radius 3 is 2.94 bits per heavy atom. The van der Waals surface area contributed by atoms with Gasteiger partial charge in [0.25, 0.3) is 0 Å². The molecule has 0 fully saturated rings. The highest BCUT2D eigenvalue weighted by atomic mass is 16.5. The molecule has 2 heterocycles. The van der Waals surface area contributed by atoms with Gasteiger partial charge in [-0.05, 0) is 24.5 Å². The quantitative estimate of drug-likeness (QED) is 0.867. The van der Waals surface area contributed by atoms with Crippen LogP contribution in [0.1, 0.15) is 23.7 Å². The van der Waals surface area contributed by atoms with Gasteiger partial charge in [0.2, 0.25) is 0 Å². The van der Waals surface area contributed by atoms with Crippen molar-refractivity contribution >= 4 is 0 Å². The summed E-state index contributed by atoms with van der Waals surface area (Å²) in [6, 6.07) is 3.90. The number of rotatable bonds is 5. The molecule has 2 rings (SSSR count). The van der Waals surface area contributed by atoms with E-state index < -0.39 is 0 Å². The number of methoxy groups -OCH3 is 1. The molecule has 0 saturated heterocycles. The van der Waals surface area contributed by atoms with Gasteiger partial charge in [0.05, 0.1) is 25.0 Å². The minimum atomic E-state index is -0.0901. The van der Waals surface area contributed by atoms with Crippen LogP contribution in [0.5, 0.6) is 5.75 Å². The summed E-state index contributed by atoms with van der Waals surface area (Å²) in [4.78, 5) is 4.09. The van der Waals surface area contributed by atoms with Crippen molar-refractivity contribution < 1.29 is 4.74 Å². The van der Waals surface area contributed by atoms with Crippen LogP contribution in [-0.2, 0) is 13.5 Å². The van der Waals surface area contributed by atoms with Crippen LogP contribution >= 0.6 is 0 Å². The molecule has 5 nitrogen and oxygen atoms in total. The molecule has 0 aliphatic carbocycles. The standard InChI is InChI=1S/C13H18N4O/c1-17-13(12(18-2)9-16-17)11(14)6-5-10-4-3-7-15-8-10/h3-4,7-9,11H,5-6,14H2,1-2H3. The number of nitrogens with two attached hydrogens (primary N) is 1. The van der Waals surface area contributed by atoms with Crippen LogP contribution in [0, 0.1) is 0 Å². The second kappa shape index (κ2) is 5.64. The van der Waals surface area contributed by atoms with Crippen LogP contribution in [0.2, 0.25) is 0 Å². The number of aryl methyl sites for hydroxylation is 2. The van der Waals surface area contributed by atoms with Gasteiger partial charge in [0.15, 0.2) is 5.75 Å². The largest absolute Gasteiger partial charge is 0.493 e. The highest BCUT2D eigenvalue weighted by Gasteiger charge is 2.16. The van der Waals surface area contributed by atoms with Gasteiger partial charge < -0.3 is 10.5 Å². The summed E-state index contributed by atoms with van der Waals surface area (Å²) in [7, 11) is 3.51. The normalized spacial score (nSPS) is 12.4. The maximum absolute atomic E-state index is 6.20. The minimum absolute atomic E-state index is 0.0901. The fraction of sp³-hybridized carbons (Fsp3) is 0.385. The van der Waals surface area contributed by atoms with E-state index in [2.05, 4.69) is 16.1 Å². The first-order chi connectivity index (χ1) is 8.72. The maximum atomic E-state index is 6.20. The summed E-state index contributed by atoms with van der Waals surface area (Å²) in [5.74, 6) is 0.746. The van der Waals surface area contributed by atoms with Gasteiger partial charge in [-0.15, -0.1) is 0 Å². The number of nitrogens with zero attached hydrogens (tertiary/aromatic N) is 3. The smallest absolute Gasteiger partial charge is 0.161 e. The second-order valence-electron chi connectivity index (χ2n) is 4.23. The van der Waals surface area contributed by atoms with Gasteiger partial charge in [-0.2, -0.15) is 5.10 Å². The van der Waals surface area contributed by atoms with E-state index >= 15 is 0 Å². The molecule has 0 saturated carbocycles.